The maximum atomic E-state index is 8.99. The third-order valence-corrected chi connectivity index (χ3v) is 3.30. The van der Waals surface area contributed by atoms with Crippen molar-refractivity contribution in [1.82, 2.24) is 0 Å². The number of benzene rings is 2. The molecule has 0 heterocycles. The molecule has 3 heteroatoms. The van der Waals surface area contributed by atoms with Crippen LogP contribution >= 0.6 is 0 Å². The standard InChI is InChI=1S/C18H19NO2/c1-13(2)16-6-4-14(5-7-16)12-21-18-9-15(11-19)8-17(10-18)20-3/h4-10,13H,12H2,1-3H3. The highest BCUT2D eigenvalue weighted by atomic mass is 16.5. The van der Waals surface area contributed by atoms with E-state index in [0.29, 0.717) is 29.6 Å². The Kier molecular flexibility index (Phi) is 4.84. The summed E-state index contributed by atoms with van der Waals surface area (Å²) in [6.07, 6.45) is 0. The molecule has 0 N–H and O–H groups in total. The molecule has 0 radical (unpaired) electrons. The molecule has 0 unspecified atom stereocenters. The molecular weight excluding hydrogens is 262 g/mol. The molecule has 21 heavy (non-hydrogen) atoms. The van der Waals surface area contributed by atoms with Gasteiger partial charge in [-0.2, -0.15) is 5.26 Å². The van der Waals surface area contributed by atoms with E-state index in [1.54, 1.807) is 25.3 Å². The molecular formula is C18H19NO2. The molecule has 0 aromatic heterocycles. The lowest BCUT2D eigenvalue weighted by Crippen LogP contribution is -1.97. The third-order valence-electron chi connectivity index (χ3n) is 3.30. The fraction of sp³-hybridized carbons (Fsp3) is 0.278. The summed E-state index contributed by atoms with van der Waals surface area (Å²) in [6, 6.07) is 15.7. The molecule has 108 valence electrons. The minimum atomic E-state index is 0.469. The van der Waals surface area contributed by atoms with Crippen molar-refractivity contribution in [3.63, 3.8) is 0 Å². The van der Waals surface area contributed by atoms with E-state index in [2.05, 4.69) is 44.2 Å². The van der Waals surface area contributed by atoms with E-state index in [0.717, 1.165) is 5.56 Å². The second-order valence-corrected chi connectivity index (χ2v) is 5.19. The fourth-order valence-electron chi connectivity index (χ4n) is 2.00. The Bertz CT molecular complexity index is 639. The third kappa shape index (κ3) is 4.00. The van der Waals surface area contributed by atoms with Crippen molar-refractivity contribution < 1.29 is 9.47 Å². The van der Waals surface area contributed by atoms with E-state index in [4.69, 9.17) is 14.7 Å². The van der Waals surface area contributed by atoms with Crippen LogP contribution in [0.15, 0.2) is 42.5 Å². The van der Waals surface area contributed by atoms with Crippen LogP contribution in [-0.4, -0.2) is 7.11 Å². The Labute approximate surface area is 125 Å². The van der Waals surface area contributed by atoms with Crippen LogP contribution in [0.5, 0.6) is 11.5 Å². The summed E-state index contributed by atoms with van der Waals surface area (Å²) in [4.78, 5) is 0. The Hall–Kier alpha value is -2.47. The normalized spacial score (nSPS) is 10.2. The van der Waals surface area contributed by atoms with Gasteiger partial charge in [-0.3, -0.25) is 0 Å². The van der Waals surface area contributed by atoms with Gasteiger partial charge in [0.1, 0.15) is 18.1 Å². The summed E-state index contributed by atoms with van der Waals surface area (Å²) in [5.74, 6) is 1.79. The Morgan fingerprint density at radius 3 is 2.29 bits per heavy atom. The molecule has 0 fully saturated rings. The maximum absolute atomic E-state index is 8.99. The first-order chi connectivity index (χ1) is 10.1. The van der Waals surface area contributed by atoms with Gasteiger partial charge in [-0.05, 0) is 29.2 Å². The summed E-state index contributed by atoms with van der Waals surface area (Å²) in [5, 5.41) is 8.99. The number of nitriles is 1. The van der Waals surface area contributed by atoms with E-state index in [-0.39, 0.29) is 0 Å². The molecule has 2 aromatic rings. The minimum Gasteiger partial charge on any atom is -0.497 e. The molecule has 0 saturated carbocycles. The zero-order valence-corrected chi connectivity index (χ0v) is 12.6. The summed E-state index contributed by atoms with van der Waals surface area (Å²) < 4.78 is 10.9. The van der Waals surface area contributed by atoms with Gasteiger partial charge in [0.05, 0.1) is 18.7 Å². The first-order valence-corrected chi connectivity index (χ1v) is 6.93. The first-order valence-electron chi connectivity index (χ1n) is 6.93. The maximum Gasteiger partial charge on any atom is 0.124 e. The van der Waals surface area contributed by atoms with E-state index in [9.17, 15) is 0 Å². The first kappa shape index (κ1) is 14.9. The van der Waals surface area contributed by atoms with E-state index >= 15 is 0 Å². The number of hydrogen-bond donors (Lipinski definition) is 0. The quantitative estimate of drug-likeness (QED) is 0.822. The second kappa shape index (κ2) is 6.81. The summed E-state index contributed by atoms with van der Waals surface area (Å²) in [7, 11) is 1.57. The SMILES string of the molecule is COc1cc(C#N)cc(OCc2ccc(C(C)C)cc2)c1. The number of rotatable bonds is 5. The molecule has 0 aliphatic carbocycles. The molecule has 2 aromatic carbocycles. The summed E-state index contributed by atoms with van der Waals surface area (Å²) in [6.45, 7) is 4.81. The van der Waals surface area contributed by atoms with E-state index in [1.165, 1.54) is 5.56 Å². The Morgan fingerprint density at radius 2 is 1.71 bits per heavy atom. The van der Waals surface area contributed by atoms with Crippen LogP contribution in [0.25, 0.3) is 0 Å². The van der Waals surface area contributed by atoms with Crippen molar-refractivity contribution in [2.75, 3.05) is 7.11 Å². The summed E-state index contributed by atoms with van der Waals surface area (Å²) >= 11 is 0. The monoisotopic (exact) mass is 281 g/mol. The van der Waals surface area contributed by atoms with E-state index in [1.807, 2.05) is 0 Å². The molecule has 0 saturated heterocycles. The largest absolute Gasteiger partial charge is 0.497 e. The van der Waals surface area contributed by atoms with Gasteiger partial charge in [-0.1, -0.05) is 38.1 Å². The molecule has 3 nitrogen and oxygen atoms in total. The van der Waals surface area contributed by atoms with Crippen molar-refractivity contribution in [2.45, 2.75) is 26.4 Å². The lowest BCUT2D eigenvalue weighted by Gasteiger charge is -2.10. The molecule has 0 aliphatic heterocycles. The second-order valence-electron chi connectivity index (χ2n) is 5.19. The van der Waals surface area contributed by atoms with Gasteiger partial charge in [0, 0.05) is 6.07 Å². The van der Waals surface area contributed by atoms with Crippen molar-refractivity contribution in [3.05, 3.63) is 59.2 Å². The lowest BCUT2D eigenvalue weighted by molar-refractivity contribution is 0.303. The van der Waals surface area contributed by atoms with Crippen molar-refractivity contribution in [2.24, 2.45) is 0 Å². The van der Waals surface area contributed by atoms with Crippen LogP contribution in [0.3, 0.4) is 0 Å². The average Bonchev–Trinajstić information content (AvgIpc) is 2.52. The molecule has 0 atom stereocenters. The van der Waals surface area contributed by atoms with Crippen LogP contribution in [0.4, 0.5) is 0 Å². The van der Waals surface area contributed by atoms with Gasteiger partial charge in [-0.15, -0.1) is 0 Å². The zero-order valence-electron chi connectivity index (χ0n) is 12.6. The molecule has 0 bridgehead atoms. The van der Waals surface area contributed by atoms with Crippen LogP contribution in [0.1, 0.15) is 36.5 Å². The van der Waals surface area contributed by atoms with Gasteiger partial charge < -0.3 is 9.47 Å². The van der Waals surface area contributed by atoms with E-state index < -0.39 is 0 Å². The van der Waals surface area contributed by atoms with Crippen LogP contribution in [0.2, 0.25) is 0 Å². The van der Waals surface area contributed by atoms with Gasteiger partial charge in [0.2, 0.25) is 0 Å². The summed E-state index contributed by atoms with van der Waals surface area (Å²) in [5.41, 5.74) is 2.94. The van der Waals surface area contributed by atoms with Gasteiger partial charge in [0.25, 0.3) is 0 Å². The minimum absolute atomic E-state index is 0.469. The van der Waals surface area contributed by atoms with Gasteiger partial charge in [0.15, 0.2) is 0 Å². The van der Waals surface area contributed by atoms with Gasteiger partial charge in [-0.25, -0.2) is 0 Å². The highest BCUT2D eigenvalue weighted by molar-refractivity contribution is 5.44. The van der Waals surface area contributed by atoms with Crippen LogP contribution in [-0.2, 0) is 6.61 Å². The van der Waals surface area contributed by atoms with Gasteiger partial charge >= 0.3 is 0 Å². The Morgan fingerprint density at radius 1 is 1.05 bits per heavy atom. The Balaban J connectivity index is 2.07. The molecule has 0 spiro atoms. The number of hydrogen-bond acceptors (Lipinski definition) is 3. The molecule has 2 rings (SSSR count). The number of ether oxygens (including phenoxy) is 2. The number of methoxy groups -OCH3 is 1. The fourth-order valence-corrected chi connectivity index (χ4v) is 2.00. The molecule has 0 aliphatic rings. The highest BCUT2D eigenvalue weighted by Crippen LogP contribution is 2.23. The van der Waals surface area contributed by atoms with Crippen LogP contribution in [0, 0.1) is 11.3 Å². The zero-order chi connectivity index (χ0) is 15.2. The van der Waals surface area contributed by atoms with Crippen molar-refractivity contribution >= 4 is 0 Å². The number of nitrogens with zero attached hydrogens (tertiary/aromatic N) is 1. The van der Waals surface area contributed by atoms with Crippen LogP contribution < -0.4 is 9.47 Å². The van der Waals surface area contributed by atoms with Crippen molar-refractivity contribution in [3.8, 4) is 17.6 Å². The van der Waals surface area contributed by atoms with Crippen molar-refractivity contribution in [1.29, 1.82) is 5.26 Å². The topological polar surface area (TPSA) is 42.2 Å². The molecule has 0 amide bonds. The average molecular weight is 281 g/mol. The smallest absolute Gasteiger partial charge is 0.124 e. The predicted molar refractivity (Wildman–Crippen MR) is 82.6 cm³/mol. The highest BCUT2D eigenvalue weighted by Gasteiger charge is 2.03. The lowest BCUT2D eigenvalue weighted by atomic mass is 10.0. The predicted octanol–water partition coefficient (Wildman–Crippen LogP) is 4.27.